The molecular weight excluding hydrogens is 187 g/mol. The van der Waals surface area contributed by atoms with Gasteiger partial charge in [-0.1, -0.05) is 0 Å². The third kappa shape index (κ3) is 1.75. The summed E-state index contributed by atoms with van der Waals surface area (Å²) in [6, 6.07) is 1.29. The van der Waals surface area contributed by atoms with Crippen LogP contribution in [0.2, 0.25) is 0 Å². The average molecular weight is 198 g/mol. The van der Waals surface area contributed by atoms with Crippen molar-refractivity contribution in [1.82, 2.24) is 0 Å². The minimum atomic E-state index is -0.308. The second-order valence-electron chi connectivity index (χ2n) is 2.85. The van der Waals surface area contributed by atoms with Gasteiger partial charge in [-0.05, 0) is 37.3 Å². The zero-order chi connectivity index (χ0) is 10.0. The highest BCUT2D eigenvalue weighted by Gasteiger charge is 2.10. The van der Waals surface area contributed by atoms with Gasteiger partial charge in [-0.3, -0.25) is 4.79 Å². The van der Waals surface area contributed by atoms with E-state index in [1.807, 2.05) is 20.1 Å². The first kappa shape index (κ1) is 10.3. The molecule has 0 radical (unpaired) electrons. The lowest BCUT2D eigenvalue weighted by Gasteiger charge is -2.09. The van der Waals surface area contributed by atoms with Crippen LogP contribution >= 0.6 is 11.8 Å². The van der Waals surface area contributed by atoms with E-state index in [1.165, 1.54) is 17.8 Å². The predicted molar refractivity (Wildman–Crippen MR) is 53.0 cm³/mol. The molecule has 0 atom stereocenters. The molecule has 0 unspecified atom stereocenters. The van der Waals surface area contributed by atoms with Crippen molar-refractivity contribution in [3.8, 4) is 0 Å². The van der Waals surface area contributed by atoms with Gasteiger partial charge in [-0.25, -0.2) is 4.39 Å². The third-order valence-electron chi connectivity index (χ3n) is 2.17. The van der Waals surface area contributed by atoms with E-state index in [4.69, 9.17) is 0 Å². The van der Waals surface area contributed by atoms with E-state index >= 15 is 0 Å². The van der Waals surface area contributed by atoms with Gasteiger partial charge in [0.05, 0.1) is 0 Å². The van der Waals surface area contributed by atoms with Crippen molar-refractivity contribution in [2.75, 3.05) is 6.26 Å². The van der Waals surface area contributed by atoms with Crippen LogP contribution in [0, 0.1) is 19.7 Å². The quantitative estimate of drug-likeness (QED) is 0.537. The van der Waals surface area contributed by atoms with Crippen LogP contribution in [-0.4, -0.2) is 12.5 Å². The molecule has 0 aliphatic rings. The maximum Gasteiger partial charge on any atom is 0.150 e. The third-order valence-corrected chi connectivity index (χ3v) is 3.08. The van der Waals surface area contributed by atoms with E-state index in [1.54, 1.807) is 0 Å². The summed E-state index contributed by atoms with van der Waals surface area (Å²) in [5.41, 5.74) is 2.16. The van der Waals surface area contributed by atoms with Crippen LogP contribution in [0.5, 0.6) is 0 Å². The van der Waals surface area contributed by atoms with E-state index in [-0.39, 0.29) is 5.82 Å². The molecule has 0 fully saturated rings. The number of carbonyl (C=O) groups is 1. The smallest absolute Gasteiger partial charge is 0.150 e. The lowest BCUT2D eigenvalue weighted by atomic mass is 10.0. The molecule has 0 N–H and O–H groups in total. The highest BCUT2D eigenvalue weighted by atomic mass is 32.2. The summed E-state index contributed by atoms with van der Waals surface area (Å²) in [6.45, 7) is 3.66. The molecule has 0 aliphatic carbocycles. The molecule has 0 spiro atoms. The van der Waals surface area contributed by atoms with Gasteiger partial charge in [0.1, 0.15) is 12.1 Å². The number of hydrogen-bond acceptors (Lipinski definition) is 2. The van der Waals surface area contributed by atoms with Crippen LogP contribution < -0.4 is 0 Å². The van der Waals surface area contributed by atoms with Crippen molar-refractivity contribution in [3.05, 3.63) is 28.6 Å². The molecular formula is C10H11FOS. The first-order valence-electron chi connectivity index (χ1n) is 3.90. The molecule has 0 heterocycles. The molecule has 3 heteroatoms. The van der Waals surface area contributed by atoms with Gasteiger partial charge < -0.3 is 0 Å². The van der Waals surface area contributed by atoms with Crippen LogP contribution in [0.25, 0.3) is 0 Å². The summed E-state index contributed by atoms with van der Waals surface area (Å²) in [6.07, 6.45) is 2.51. The first-order valence-corrected chi connectivity index (χ1v) is 5.13. The Bertz CT molecular complexity index is 347. The summed E-state index contributed by atoms with van der Waals surface area (Å²) < 4.78 is 13.3. The Labute approximate surface area is 81.3 Å². The molecule has 0 amide bonds. The molecule has 1 nitrogen and oxygen atoms in total. The Kier molecular flexibility index (Phi) is 3.09. The summed E-state index contributed by atoms with van der Waals surface area (Å²) in [5, 5.41) is 0. The largest absolute Gasteiger partial charge is 0.298 e. The molecule has 0 aromatic heterocycles. The molecule has 1 aromatic rings. The number of rotatable bonds is 2. The molecule has 1 rings (SSSR count). The van der Waals surface area contributed by atoms with Gasteiger partial charge in [-0.2, -0.15) is 0 Å². The van der Waals surface area contributed by atoms with E-state index in [0.29, 0.717) is 16.7 Å². The van der Waals surface area contributed by atoms with Gasteiger partial charge in [0.2, 0.25) is 0 Å². The van der Waals surface area contributed by atoms with Crippen LogP contribution in [0.4, 0.5) is 4.39 Å². The van der Waals surface area contributed by atoms with Crippen molar-refractivity contribution < 1.29 is 9.18 Å². The minimum Gasteiger partial charge on any atom is -0.298 e. The predicted octanol–water partition coefficient (Wildman–Crippen LogP) is 2.98. The summed E-state index contributed by atoms with van der Waals surface area (Å²) in [4.78, 5) is 11.2. The summed E-state index contributed by atoms with van der Waals surface area (Å²) in [5.74, 6) is -0.308. The fourth-order valence-corrected chi connectivity index (χ4v) is 1.96. The Morgan fingerprint density at radius 3 is 2.46 bits per heavy atom. The number of benzene rings is 1. The van der Waals surface area contributed by atoms with Crippen molar-refractivity contribution in [2.45, 2.75) is 18.7 Å². The fourth-order valence-electron chi connectivity index (χ4n) is 1.25. The minimum absolute atomic E-state index is 0.308. The molecule has 0 aliphatic heterocycles. The standard InChI is InChI=1S/C10H11FOS/c1-6-7(2)10(13-3)9(11)4-8(6)5-12/h4-5H,1-3H3. The van der Waals surface area contributed by atoms with Gasteiger partial charge >= 0.3 is 0 Å². The Morgan fingerprint density at radius 1 is 1.38 bits per heavy atom. The zero-order valence-electron chi connectivity index (χ0n) is 7.85. The molecule has 70 valence electrons. The molecule has 1 aromatic carbocycles. The normalized spacial score (nSPS) is 10.2. The number of halogens is 1. The summed E-state index contributed by atoms with van der Waals surface area (Å²) >= 11 is 1.36. The van der Waals surface area contributed by atoms with Crippen LogP contribution in [-0.2, 0) is 0 Å². The zero-order valence-corrected chi connectivity index (χ0v) is 8.67. The van der Waals surface area contributed by atoms with E-state index in [9.17, 15) is 9.18 Å². The topological polar surface area (TPSA) is 17.1 Å². The second kappa shape index (κ2) is 3.92. The van der Waals surface area contributed by atoms with Crippen LogP contribution in [0.15, 0.2) is 11.0 Å². The fraction of sp³-hybridized carbons (Fsp3) is 0.300. The van der Waals surface area contributed by atoms with E-state index in [2.05, 4.69) is 0 Å². The lowest BCUT2D eigenvalue weighted by molar-refractivity contribution is 0.112. The highest BCUT2D eigenvalue weighted by molar-refractivity contribution is 7.98. The maximum absolute atomic E-state index is 13.3. The second-order valence-corrected chi connectivity index (χ2v) is 3.67. The molecule has 0 bridgehead atoms. The van der Waals surface area contributed by atoms with E-state index in [0.717, 1.165) is 11.1 Å². The van der Waals surface area contributed by atoms with Crippen LogP contribution in [0.3, 0.4) is 0 Å². The van der Waals surface area contributed by atoms with Crippen molar-refractivity contribution in [3.63, 3.8) is 0 Å². The van der Waals surface area contributed by atoms with Crippen molar-refractivity contribution >= 4 is 18.0 Å². The Morgan fingerprint density at radius 2 is 2.00 bits per heavy atom. The highest BCUT2D eigenvalue weighted by Crippen LogP contribution is 2.27. The molecule has 13 heavy (non-hydrogen) atoms. The number of carbonyl (C=O) groups excluding carboxylic acids is 1. The van der Waals surface area contributed by atoms with Gasteiger partial charge in [0.25, 0.3) is 0 Å². The van der Waals surface area contributed by atoms with Gasteiger partial charge in [-0.15, -0.1) is 11.8 Å². The number of thioether (sulfide) groups is 1. The summed E-state index contributed by atoms with van der Waals surface area (Å²) in [7, 11) is 0. The number of aldehydes is 1. The SMILES string of the molecule is CSc1c(F)cc(C=O)c(C)c1C. The number of hydrogen-bond donors (Lipinski definition) is 0. The van der Waals surface area contributed by atoms with Gasteiger partial charge in [0.15, 0.2) is 0 Å². The molecule has 0 saturated carbocycles. The monoisotopic (exact) mass is 198 g/mol. The van der Waals surface area contributed by atoms with Crippen molar-refractivity contribution in [1.29, 1.82) is 0 Å². The lowest BCUT2D eigenvalue weighted by Crippen LogP contribution is -1.96. The average Bonchev–Trinajstić information content (AvgIpc) is 2.12. The molecule has 0 saturated heterocycles. The maximum atomic E-state index is 13.3. The first-order chi connectivity index (χ1) is 6.11. The Hall–Kier alpha value is -0.830. The van der Waals surface area contributed by atoms with Gasteiger partial charge in [0, 0.05) is 10.5 Å². The van der Waals surface area contributed by atoms with Crippen molar-refractivity contribution in [2.24, 2.45) is 0 Å². The van der Waals surface area contributed by atoms with E-state index < -0.39 is 0 Å². The Balaban J connectivity index is 3.45. The van der Waals surface area contributed by atoms with Crippen LogP contribution in [0.1, 0.15) is 21.5 Å².